The number of hydrogen-bond acceptors (Lipinski definition) is 3. The number of H-pyrrole nitrogens is 2. The predicted molar refractivity (Wildman–Crippen MR) is 114 cm³/mol. The number of aromatic nitrogens is 2. The average Bonchev–Trinajstić information content (AvgIpc) is 3.36. The Hall–Kier alpha value is -3.34. The Morgan fingerprint density at radius 1 is 0.931 bits per heavy atom. The second-order valence-electron chi connectivity index (χ2n) is 7.19. The first-order chi connectivity index (χ1) is 14.2. The van der Waals surface area contributed by atoms with Gasteiger partial charge in [-0.3, -0.25) is 9.59 Å². The number of rotatable bonds is 8. The number of hydrogen-bond donors (Lipinski definition) is 2. The number of Topliss-reactive ketones (excluding diaryl/α,β-unsaturated/α-hetero) is 1. The van der Waals surface area contributed by atoms with Gasteiger partial charge in [-0.15, -0.1) is 0 Å². The molecule has 0 aliphatic rings. The van der Waals surface area contributed by atoms with Gasteiger partial charge in [0.25, 0.3) is 0 Å². The van der Waals surface area contributed by atoms with Crippen LogP contribution in [0.25, 0.3) is 21.8 Å². The molecule has 0 spiro atoms. The van der Waals surface area contributed by atoms with E-state index in [-0.39, 0.29) is 18.4 Å². The molecular weight excluding hydrogens is 364 g/mol. The number of ketones is 1. The Kier molecular flexibility index (Phi) is 5.47. The van der Waals surface area contributed by atoms with Crippen LogP contribution in [0.2, 0.25) is 0 Å². The maximum Gasteiger partial charge on any atom is 0.306 e. The van der Waals surface area contributed by atoms with Gasteiger partial charge >= 0.3 is 5.97 Å². The van der Waals surface area contributed by atoms with Gasteiger partial charge in [-0.25, -0.2) is 0 Å². The molecule has 2 aromatic heterocycles. The number of para-hydroxylation sites is 2. The van der Waals surface area contributed by atoms with Crippen molar-refractivity contribution in [3.8, 4) is 0 Å². The number of nitrogens with one attached hydrogen (secondary N) is 2. The van der Waals surface area contributed by atoms with Crippen molar-refractivity contribution in [3.05, 3.63) is 71.5 Å². The SMILES string of the molecule is CCc1cccc2c(C(=O)COC(=O)CCCc3c[nH]c4ccccc34)c[nH]c12. The number of carbonyl (C=O) groups excluding carboxylic acids is 2. The molecule has 0 saturated carbocycles. The molecule has 0 fully saturated rings. The zero-order valence-corrected chi connectivity index (χ0v) is 16.5. The topological polar surface area (TPSA) is 75.0 Å². The lowest BCUT2D eigenvalue weighted by molar-refractivity contribution is -0.142. The first-order valence-electron chi connectivity index (χ1n) is 10.00. The quantitative estimate of drug-likeness (QED) is 0.331. The molecule has 0 amide bonds. The van der Waals surface area contributed by atoms with E-state index in [2.05, 4.69) is 23.0 Å². The van der Waals surface area contributed by atoms with Crippen LogP contribution >= 0.6 is 0 Å². The summed E-state index contributed by atoms with van der Waals surface area (Å²) in [5.74, 6) is -0.526. The van der Waals surface area contributed by atoms with Gasteiger partial charge in [0.05, 0.1) is 0 Å². The molecule has 148 valence electrons. The monoisotopic (exact) mass is 388 g/mol. The number of benzene rings is 2. The van der Waals surface area contributed by atoms with Gasteiger partial charge in [-0.2, -0.15) is 0 Å². The maximum absolute atomic E-state index is 12.5. The van der Waals surface area contributed by atoms with Gasteiger partial charge in [-0.05, 0) is 36.5 Å². The highest BCUT2D eigenvalue weighted by Crippen LogP contribution is 2.23. The van der Waals surface area contributed by atoms with Crippen molar-refractivity contribution in [2.45, 2.75) is 32.6 Å². The van der Waals surface area contributed by atoms with Crippen molar-refractivity contribution < 1.29 is 14.3 Å². The Balaban J connectivity index is 1.30. The Morgan fingerprint density at radius 3 is 2.62 bits per heavy atom. The van der Waals surface area contributed by atoms with Crippen LogP contribution in [0.5, 0.6) is 0 Å². The summed E-state index contributed by atoms with van der Waals surface area (Å²) in [5.41, 5.74) is 5.00. The van der Waals surface area contributed by atoms with Crippen LogP contribution < -0.4 is 0 Å². The van der Waals surface area contributed by atoms with Crippen molar-refractivity contribution in [1.82, 2.24) is 9.97 Å². The summed E-state index contributed by atoms with van der Waals surface area (Å²) in [7, 11) is 0. The van der Waals surface area contributed by atoms with Gasteiger partial charge in [0, 0.05) is 46.2 Å². The van der Waals surface area contributed by atoms with E-state index < -0.39 is 0 Å². The zero-order chi connectivity index (χ0) is 20.2. The molecule has 0 aliphatic carbocycles. The first-order valence-corrected chi connectivity index (χ1v) is 10.00. The van der Waals surface area contributed by atoms with E-state index in [1.54, 1.807) is 6.20 Å². The lowest BCUT2D eigenvalue weighted by Crippen LogP contribution is -2.14. The van der Waals surface area contributed by atoms with Crippen LogP contribution in [0, 0.1) is 0 Å². The maximum atomic E-state index is 12.5. The van der Waals surface area contributed by atoms with Gasteiger partial charge in [0.2, 0.25) is 5.78 Å². The second kappa shape index (κ2) is 8.35. The minimum Gasteiger partial charge on any atom is -0.457 e. The normalized spacial score (nSPS) is 11.2. The predicted octanol–water partition coefficient (Wildman–Crippen LogP) is 4.96. The fourth-order valence-corrected chi connectivity index (χ4v) is 3.80. The highest BCUT2D eigenvalue weighted by molar-refractivity contribution is 6.09. The largest absolute Gasteiger partial charge is 0.457 e. The zero-order valence-electron chi connectivity index (χ0n) is 16.5. The molecule has 2 N–H and O–H groups in total. The number of carbonyl (C=O) groups is 2. The van der Waals surface area contributed by atoms with Crippen molar-refractivity contribution in [2.75, 3.05) is 6.61 Å². The molecule has 0 bridgehead atoms. The third-order valence-corrected chi connectivity index (χ3v) is 5.35. The third kappa shape index (κ3) is 3.94. The molecular formula is C24H24N2O3. The second-order valence-corrected chi connectivity index (χ2v) is 7.19. The molecule has 2 heterocycles. The molecule has 0 saturated heterocycles. The fraction of sp³-hybridized carbons (Fsp3) is 0.250. The summed E-state index contributed by atoms with van der Waals surface area (Å²) in [6.07, 6.45) is 6.34. The standard InChI is InChI=1S/C24H24N2O3/c1-2-16-7-5-10-19-20(14-26-24(16)19)22(27)15-29-23(28)12-6-8-17-13-25-21-11-4-3-9-18(17)21/h3-5,7,9-11,13-14,25-26H,2,6,8,12,15H2,1H3. The van der Waals surface area contributed by atoms with E-state index in [0.29, 0.717) is 18.4 Å². The molecule has 0 unspecified atom stereocenters. The summed E-state index contributed by atoms with van der Waals surface area (Å²) in [5, 5.41) is 2.06. The molecule has 29 heavy (non-hydrogen) atoms. The van der Waals surface area contributed by atoms with Crippen LogP contribution in [-0.4, -0.2) is 28.3 Å². The van der Waals surface area contributed by atoms with E-state index in [4.69, 9.17) is 4.74 Å². The summed E-state index contributed by atoms with van der Waals surface area (Å²) >= 11 is 0. The van der Waals surface area contributed by atoms with E-state index in [1.165, 1.54) is 10.9 Å². The van der Waals surface area contributed by atoms with Crippen LogP contribution in [-0.2, 0) is 22.4 Å². The van der Waals surface area contributed by atoms with Gasteiger partial charge in [-0.1, -0.05) is 43.3 Å². The van der Waals surface area contributed by atoms with Crippen molar-refractivity contribution >= 4 is 33.6 Å². The van der Waals surface area contributed by atoms with Crippen LogP contribution in [0.4, 0.5) is 0 Å². The van der Waals surface area contributed by atoms with Crippen molar-refractivity contribution in [1.29, 1.82) is 0 Å². The molecule has 5 nitrogen and oxygen atoms in total. The Labute approximate surface area is 169 Å². The summed E-state index contributed by atoms with van der Waals surface area (Å²) in [4.78, 5) is 31.0. The lowest BCUT2D eigenvalue weighted by Gasteiger charge is -2.05. The molecule has 0 radical (unpaired) electrons. The van der Waals surface area contributed by atoms with Gasteiger partial charge in [0.15, 0.2) is 6.61 Å². The molecule has 4 aromatic rings. The van der Waals surface area contributed by atoms with Gasteiger partial charge in [0.1, 0.15) is 0 Å². The van der Waals surface area contributed by atoms with E-state index >= 15 is 0 Å². The first kappa shape index (κ1) is 19.0. The summed E-state index contributed by atoms with van der Waals surface area (Å²) in [6, 6.07) is 14.0. The smallest absolute Gasteiger partial charge is 0.306 e. The Bertz CT molecular complexity index is 1170. The number of esters is 1. The fourth-order valence-electron chi connectivity index (χ4n) is 3.80. The highest BCUT2D eigenvalue weighted by Gasteiger charge is 2.15. The minimum absolute atomic E-state index is 0.186. The van der Waals surface area contributed by atoms with E-state index in [9.17, 15) is 9.59 Å². The molecule has 2 aromatic carbocycles. The van der Waals surface area contributed by atoms with E-state index in [0.717, 1.165) is 34.8 Å². The number of aromatic amines is 2. The Morgan fingerprint density at radius 2 is 1.76 bits per heavy atom. The van der Waals surface area contributed by atoms with Gasteiger partial charge < -0.3 is 14.7 Å². The number of fused-ring (bicyclic) bond motifs is 2. The third-order valence-electron chi connectivity index (χ3n) is 5.35. The van der Waals surface area contributed by atoms with Crippen molar-refractivity contribution in [3.63, 3.8) is 0 Å². The number of ether oxygens (including phenoxy) is 1. The van der Waals surface area contributed by atoms with E-state index in [1.807, 2.05) is 42.6 Å². The molecule has 0 atom stereocenters. The minimum atomic E-state index is -0.340. The average molecular weight is 388 g/mol. The number of aryl methyl sites for hydroxylation is 2. The van der Waals surface area contributed by atoms with Crippen LogP contribution in [0.3, 0.4) is 0 Å². The lowest BCUT2D eigenvalue weighted by atomic mass is 10.1. The van der Waals surface area contributed by atoms with Crippen molar-refractivity contribution in [2.24, 2.45) is 0 Å². The molecule has 5 heteroatoms. The molecule has 4 rings (SSSR count). The summed E-state index contributed by atoms with van der Waals surface area (Å²) < 4.78 is 5.23. The highest BCUT2D eigenvalue weighted by atomic mass is 16.5. The van der Waals surface area contributed by atoms with Crippen LogP contribution in [0.15, 0.2) is 54.9 Å². The van der Waals surface area contributed by atoms with Crippen LogP contribution in [0.1, 0.15) is 41.3 Å². The molecule has 0 aliphatic heterocycles. The summed E-state index contributed by atoms with van der Waals surface area (Å²) in [6.45, 7) is 1.85.